The van der Waals surface area contributed by atoms with Gasteiger partial charge in [-0.25, -0.2) is 9.18 Å². The number of Topliss-reactive ketones (excluding diaryl/α,β-unsaturated/α-hetero) is 1. The van der Waals surface area contributed by atoms with Gasteiger partial charge in [0.2, 0.25) is 5.78 Å². The van der Waals surface area contributed by atoms with Crippen LogP contribution in [0.3, 0.4) is 0 Å². The van der Waals surface area contributed by atoms with Crippen molar-refractivity contribution in [2.45, 2.75) is 33.4 Å². The summed E-state index contributed by atoms with van der Waals surface area (Å²) in [6.07, 6.45) is 2.70. The first-order chi connectivity index (χ1) is 13.8. The van der Waals surface area contributed by atoms with Gasteiger partial charge in [0, 0.05) is 31.0 Å². The van der Waals surface area contributed by atoms with Crippen molar-refractivity contribution in [1.82, 2.24) is 23.1 Å². The number of fused-ring (bicyclic) bond motifs is 3. The molecule has 0 atom stereocenters. The summed E-state index contributed by atoms with van der Waals surface area (Å²) in [5.74, 6) is -0.345. The molecule has 3 heterocycles. The SMILES string of the molecule is CCCn1c(C)cn2c3c(=O)n(CC(=O)c4ccc(F)cc4)c(=O)n(C)c3nc12. The van der Waals surface area contributed by atoms with Crippen LogP contribution in [-0.2, 0) is 20.1 Å². The van der Waals surface area contributed by atoms with Crippen LogP contribution < -0.4 is 11.2 Å². The summed E-state index contributed by atoms with van der Waals surface area (Å²) in [6.45, 7) is 4.27. The standard InChI is InChI=1S/C20H20FN5O3/c1-4-9-24-12(2)10-25-16-17(22-19(24)25)23(3)20(29)26(18(16)28)11-15(27)13-5-7-14(21)8-6-13/h5-8,10H,4,9,11H2,1-3H3. The molecule has 4 aromatic rings. The molecule has 8 nitrogen and oxygen atoms in total. The van der Waals surface area contributed by atoms with Gasteiger partial charge in [0.15, 0.2) is 16.9 Å². The normalized spacial score (nSPS) is 11.6. The van der Waals surface area contributed by atoms with Crippen LogP contribution in [0.25, 0.3) is 16.9 Å². The second kappa shape index (κ2) is 6.84. The van der Waals surface area contributed by atoms with Gasteiger partial charge in [-0.05, 0) is 37.6 Å². The molecule has 0 radical (unpaired) electrons. The third kappa shape index (κ3) is 2.89. The van der Waals surface area contributed by atoms with E-state index in [9.17, 15) is 18.8 Å². The van der Waals surface area contributed by atoms with Crippen LogP contribution >= 0.6 is 0 Å². The Labute approximate surface area is 164 Å². The molecule has 3 aromatic heterocycles. The van der Waals surface area contributed by atoms with Crippen molar-refractivity contribution in [1.29, 1.82) is 0 Å². The van der Waals surface area contributed by atoms with Gasteiger partial charge in [-0.2, -0.15) is 4.98 Å². The number of imidazole rings is 2. The average molecular weight is 397 g/mol. The highest BCUT2D eigenvalue weighted by Gasteiger charge is 2.21. The fourth-order valence-corrected chi connectivity index (χ4v) is 3.57. The zero-order chi connectivity index (χ0) is 20.9. The van der Waals surface area contributed by atoms with Gasteiger partial charge in [0.25, 0.3) is 5.56 Å². The topological polar surface area (TPSA) is 83.3 Å². The zero-order valence-electron chi connectivity index (χ0n) is 16.3. The molecule has 0 amide bonds. The van der Waals surface area contributed by atoms with Gasteiger partial charge >= 0.3 is 5.69 Å². The van der Waals surface area contributed by atoms with Crippen molar-refractivity contribution in [3.63, 3.8) is 0 Å². The van der Waals surface area contributed by atoms with Crippen LogP contribution in [0.4, 0.5) is 4.39 Å². The van der Waals surface area contributed by atoms with E-state index in [4.69, 9.17) is 0 Å². The fourth-order valence-electron chi connectivity index (χ4n) is 3.57. The van der Waals surface area contributed by atoms with Crippen molar-refractivity contribution in [3.8, 4) is 0 Å². The molecule has 0 aliphatic rings. The molecule has 0 saturated heterocycles. The lowest BCUT2D eigenvalue weighted by molar-refractivity contribution is 0.0969. The van der Waals surface area contributed by atoms with Gasteiger partial charge < -0.3 is 4.57 Å². The van der Waals surface area contributed by atoms with Crippen molar-refractivity contribution >= 4 is 22.7 Å². The van der Waals surface area contributed by atoms with Crippen LogP contribution in [0.2, 0.25) is 0 Å². The largest absolute Gasteiger partial charge is 0.332 e. The predicted octanol–water partition coefficient (Wildman–Crippen LogP) is 1.89. The van der Waals surface area contributed by atoms with E-state index in [1.807, 2.05) is 18.4 Å². The molecule has 0 fully saturated rings. The second-order valence-electron chi connectivity index (χ2n) is 7.04. The first-order valence-electron chi connectivity index (χ1n) is 9.30. The Kier molecular flexibility index (Phi) is 4.45. The van der Waals surface area contributed by atoms with Gasteiger partial charge in [0.05, 0.1) is 6.54 Å². The highest BCUT2D eigenvalue weighted by Crippen LogP contribution is 2.16. The number of halogens is 1. The quantitative estimate of drug-likeness (QED) is 0.482. The molecule has 1 aromatic carbocycles. The maximum atomic E-state index is 13.1. The van der Waals surface area contributed by atoms with Crippen LogP contribution in [-0.4, -0.2) is 28.9 Å². The van der Waals surface area contributed by atoms with E-state index in [0.717, 1.165) is 35.4 Å². The summed E-state index contributed by atoms with van der Waals surface area (Å²) >= 11 is 0. The number of aryl methyl sites for hydroxylation is 3. The van der Waals surface area contributed by atoms with E-state index < -0.39 is 29.4 Å². The number of carbonyl (C=O) groups excluding carboxylic acids is 1. The molecule has 4 rings (SSSR count). The summed E-state index contributed by atoms with van der Waals surface area (Å²) in [6, 6.07) is 4.99. The van der Waals surface area contributed by atoms with Crippen LogP contribution in [0, 0.1) is 12.7 Å². The Bertz CT molecular complexity index is 1370. The number of hydrogen-bond acceptors (Lipinski definition) is 4. The number of nitrogens with zero attached hydrogens (tertiary/aromatic N) is 5. The number of hydrogen-bond donors (Lipinski definition) is 0. The van der Waals surface area contributed by atoms with E-state index in [-0.39, 0.29) is 16.7 Å². The van der Waals surface area contributed by atoms with Crippen LogP contribution in [0.1, 0.15) is 29.4 Å². The highest BCUT2D eigenvalue weighted by atomic mass is 19.1. The number of benzene rings is 1. The van der Waals surface area contributed by atoms with Gasteiger partial charge in [0.1, 0.15) is 5.82 Å². The smallest absolute Gasteiger partial charge is 0.314 e. The van der Waals surface area contributed by atoms with Crippen LogP contribution in [0.15, 0.2) is 40.1 Å². The maximum absolute atomic E-state index is 13.1. The van der Waals surface area contributed by atoms with Crippen LogP contribution in [0.5, 0.6) is 0 Å². The van der Waals surface area contributed by atoms with E-state index in [0.29, 0.717) is 5.78 Å². The van der Waals surface area contributed by atoms with Gasteiger partial charge in [-0.1, -0.05) is 6.92 Å². The average Bonchev–Trinajstić information content (AvgIpc) is 3.20. The minimum absolute atomic E-state index is 0.226. The molecule has 9 heteroatoms. The van der Waals surface area contributed by atoms with E-state index in [2.05, 4.69) is 4.98 Å². The number of carbonyl (C=O) groups is 1. The van der Waals surface area contributed by atoms with E-state index in [1.54, 1.807) is 10.6 Å². The Morgan fingerprint density at radius 1 is 1.14 bits per heavy atom. The lowest BCUT2D eigenvalue weighted by Crippen LogP contribution is -2.41. The molecule has 150 valence electrons. The number of aromatic nitrogens is 5. The summed E-state index contributed by atoms with van der Waals surface area (Å²) in [5.41, 5.74) is 0.469. The monoisotopic (exact) mass is 397 g/mol. The second-order valence-corrected chi connectivity index (χ2v) is 7.04. The minimum Gasteiger partial charge on any atom is -0.314 e. The van der Waals surface area contributed by atoms with Crippen molar-refractivity contribution in [3.05, 3.63) is 68.4 Å². The molecule has 0 N–H and O–H groups in total. The number of rotatable bonds is 5. The minimum atomic E-state index is -0.627. The molecule has 29 heavy (non-hydrogen) atoms. The molecule has 0 aliphatic heterocycles. The molecule has 0 bridgehead atoms. The van der Waals surface area contributed by atoms with Crippen molar-refractivity contribution < 1.29 is 9.18 Å². The summed E-state index contributed by atoms with van der Waals surface area (Å²) in [7, 11) is 1.52. The van der Waals surface area contributed by atoms with Gasteiger partial charge in [-0.3, -0.25) is 23.1 Å². The summed E-state index contributed by atoms with van der Waals surface area (Å²) < 4.78 is 18.9. The third-order valence-corrected chi connectivity index (χ3v) is 5.06. The predicted molar refractivity (Wildman–Crippen MR) is 106 cm³/mol. The van der Waals surface area contributed by atoms with E-state index in [1.165, 1.54) is 23.7 Å². The molecule has 0 spiro atoms. The first kappa shape index (κ1) is 18.9. The fraction of sp³-hybridized carbons (Fsp3) is 0.300. The van der Waals surface area contributed by atoms with Gasteiger partial charge in [-0.15, -0.1) is 0 Å². The Hall–Kier alpha value is -3.49. The molecule has 0 aliphatic carbocycles. The highest BCUT2D eigenvalue weighted by molar-refractivity contribution is 5.96. The Morgan fingerprint density at radius 2 is 1.83 bits per heavy atom. The molecular formula is C20H20FN5O3. The molecule has 0 unspecified atom stereocenters. The third-order valence-electron chi connectivity index (χ3n) is 5.06. The Balaban J connectivity index is 1.91. The maximum Gasteiger partial charge on any atom is 0.332 e. The van der Waals surface area contributed by atoms with Crippen molar-refractivity contribution in [2.24, 2.45) is 7.05 Å². The van der Waals surface area contributed by atoms with E-state index >= 15 is 0 Å². The Morgan fingerprint density at radius 3 is 2.48 bits per heavy atom. The summed E-state index contributed by atoms with van der Waals surface area (Å²) in [4.78, 5) is 43.0. The lowest BCUT2D eigenvalue weighted by atomic mass is 10.1. The summed E-state index contributed by atoms with van der Waals surface area (Å²) in [5, 5.41) is 0. The number of ketones is 1. The zero-order valence-corrected chi connectivity index (χ0v) is 16.3. The first-order valence-corrected chi connectivity index (χ1v) is 9.30. The molecular weight excluding hydrogens is 377 g/mol. The lowest BCUT2D eigenvalue weighted by Gasteiger charge is -2.07. The van der Waals surface area contributed by atoms with Crippen molar-refractivity contribution in [2.75, 3.05) is 0 Å². The molecule has 0 saturated carbocycles.